The molecule has 3 heterocycles. The smallest absolute Gasteiger partial charge is 0.410 e. The van der Waals surface area contributed by atoms with Gasteiger partial charge in [-0.3, -0.25) is 14.5 Å². The van der Waals surface area contributed by atoms with Crippen LogP contribution in [0, 0.1) is 11.8 Å². The highest BCUT2D eigenvalue weighted by Gasteiger charge is 2.64. The number of likely N-dealkylation sites (tertiary alicyclic amines) is 1. The van der Waals surface area contributed by atoms with Gasteiger partial charge in [-0.1, -0.05) is 38.8 Å². The van der Waals surface area contributed by atoms with Crippen LogP contribution in [-0.4, -0.2) is 95.5 Å². The Bertz CT molecular complexity index is 1570. The lowest BCUT2D eigenvalue weighted by Crippen LogP contribution is -2.57. The minimum Gasteiger partial charge on any atom is -0.490 e. The number of carbonyl (C=O) groups excluding carboxylic acids is 5. The SMILES string of the molecule is C=CCCCCC[C@H](NC(=O)OC(C)(C)C)C(=O)N1C[C@H](OC(=O)N2Cc3ccc4c(c3C2)OCCCO4)C[C@H]1C(=O)N[C@]1(C(=O)OCC)C[C@H]1C(C)C. The molecule has 4 amide bonds. The third-order valence-electron chi connectivity index (χ3n) is 10.4. The summed E-state index contributed by atoms with van der Waals surface area (Å²) in [5.74, 6) is -0.334. The third-order valence-corrected chi connectivity index (χ3v) is 10.4. The number of hydrogen-bond donors (Lipinski definition) is 2. The van der Waals surface area contributed by atoms with Crippen molar-refractivity contribution in [3.63, 3.8) is 0 Å². The number of hydrogen-bond acceptors (Lipinski definition) is 10. The van der Waals surface area contributed by atoms with Crippen LogP contribution in [-0.2, 0) is 41.7 Å². The molecule has 0 radical (unpaired) electrons. The van der Waals surface area contributed by atoms with Crippen LogP contribution >= 0.6 is 0 Å². The Kier molecular flexibility index (Phi) is 13.1. The number of rotatable bonds is 14. The molecule has 298 valence electrons. The number of nitrogens with zero attached hydrogens (tertiary/aromatic N) is 2. The number of esters is 1. The van der Waals surface area contributed by atoms with E-state index in [1.54, 1.807) is 32.6 Å². The van der Waals surface area contributed by atoms with Crippen molar-refractivity contribution in [3.8, 4) is 11.5 Å². The van der Waals surface area contributed by atoms with Crippen molar-refractivity contribution < 1.29 is 47.7 Å². The van der Waals surface area contributed by atoms with Crippen LogP contribution in [0.2, 0.25) is 0 Å². The summed E-state index contributed by atoms with van der Waals surface area (Å²) in [6.07, 6.45) is 4.23. The Morgan fingerprint density at radius 2 is 1.83 bits per heavy atom. The molecule has 5 rings (SSSR count). The quantitative estimate of drug-likeness (QED) is 0.109. The zero-order chi connectivity index (χ0) is 39.2. The first-order chi connectivity index (χ1) is 25.7. The molecule has 4 aliphatic rings. The molecule has 0 bridgehead atoms. The summed E-state index contributed by atoms with van der Waals surface area (Å²) in [6.45, 7) is 16.3. The molecule has 0 unspecified atom stereocenters. The van der Waals surface area contributed by atoms with Gasteiger partial charge in [-0.25, -0.2) is 14.4 Å². The maximum Gasteiger partial charge on any atom is 0.410 e. The average Bonchev–Trinajstić information content (AvgIpc) is 3.56. The number of ether oxygens (including phenoxy) is 5. The normalized spacial score (nSPS) is 23.5. The summed E-state index contributed by atoms with van der Waals surface area (Å²) >= 11 is 0. The molecule has 54 heavy (non-hydrogen) atoms. The molecule has 1 aromatic rings. The number of carbonyl (C=O) groups is 5. The van der Waals surface area contributed by atoms with Gasteiger partial charge in [-0.15, -0.1) is 6.58 Å². The second-order valence-corrected chi connectivity index (χ2v) is 16.0. The molecule has 14 nitrogen and oxygen atoms in total. The van der Waals surface area contributed by atoms with Gasteiger partial charge in [0, 0.05) is 24.9 Å². The molecule has 2 N–H and O–H groups in total. The summed E-state index contributed by atoms with van der Waals surface area (Å²) in [5.41, 5.74) is -0.226. The average molecular weight is 755 g/mol. The van der Waals surface area contributed by atoms with Gasteiger partial charge in [0.1, 0.15) is 29.3 Å². The maximum atomic E-state index is 14.5. The molecular weight excluding hydrogens is 696 g/mol. The lowest BCUT2D eigenvalue weighted by molar-refractivity contribution is -0.150. The van der Waals surface area contributed by atoms with Crippen LogP contribution in [0.25, 0.3) is 0 Å². The number of unbranched alkanes of at least 4 members (excludes halogenated alkanes) is 3. The van der Waals surface area contributed by atoms with Crippen LogP contribution in [0.15, 0.2) is 24.8 Å². The summed E-state index contributed by atoms with van der Waals surface area (Å²) in [7, 11) is 0. The van der Waals surface area contributed by atoms with E-state index in [1.165, 1.54) is 4.90 Å². The predicted octanol–water partition coefficient (Wildman–Crippen LogP) is 5.39. The van der Waals surface area contributed by atoms with Crippen molar-refractivity contribution in [2.45, 2.75) is 135 Å². The molecular formula is C40H58N4O10. The highest BCUT2D eigenvalue weighted by Crippen LogP contribution is 2.49. The predicted molar refractivity (Wildman–Crippen MR) is 199 cm³/mol. The molecule has 0 spiro atoms. The van der Waals surface area contributed by atoms with Crippen molar-refractivity contribution >= 4 is 30.0 Å². The van der Waals surface area contributed by atoms with Crippen molar-refractivity contribution in [3.05, 3.63) is 35.9 Å². The lowest BCUT2D eigenvalue weighted by atomic mass is 10.0. The Morgan fingerprint density at radius 1 is 1.07 bits per heavy atom. The number of nitrogens with one attached hydrogen (secondary N) is 2. The molecule has 1 aliphatic carbocycles. The van der Waals surface area contributed by atoms with E-state index in [0.29, 0.717) is 50.5 Å². The topological polar surface area (TPSA) is 162 Å². The number of amides is 4. The van der Waals surface area contributed by atoms with Crippen molar-refractivity contribution in [2.75, 3.05) is 26.4 Å². The van der Waals surface area contributed by atoms with Crippen LogP contribution in [0.3, 0.4) is 0 Å². The first-order valence-corrected chi connectivity index (χ1v) is 19.4. The highest BCUT2D eigenvalue weighted by molar-refractivity contribution is 5.96. The van der Waals surface area contributed by atoms with Crippen LogP contribution < -0.4 is 20.1 Å². The van der Waals surface area contributed by atoms with E-state index < -0.39 is 59.3 Å². The number of fused-ring (bicyclic) bond motifs is 3. The number of allylic oxidation sites excluding steroid dienone is 1. The summed E-state index contributed by atoms with van der Waals surface area (Å²) in [5, 5.41) is 5.70. The summed E-state index contributed by atoms with van der Waals surface area (Å²) in [4.78, 5) is 71.6. The Labute approximate surface area is 318 Å². The van der Waals surface area contributed by atoms with E-state index in [-0.39, 0.29) is 38.0 Å². The minimum atomic E-state index is -1.21. The van der Waals surface area contributed by atoms with E-state index in [0.717, 1.165) is 36.8 Å². The van der Waals surface area contributed by atoms with Gasteiger partial charge >= 0.3 is 18.2 Å². The van der Waals surface area contributed by atoms with Gasteiger partial charge in [-0.2, -0.15) is 0 Å². The molecule has 2 fully saturated rings. The van der Waals surface area contributed by atoms with Crippen LogP contribution in [0.4, 0.5) is 9.59 Å². The summed E-state index contributed by atoms with van der Waals surface area (Å²) in [6, 6.07) is 1.67. The molecule has 1 saturated carbocycles. The van der Waals surface area contributed by atoms with E-state index in [9.17, 15) is 24.0 Å². The van der Waals surface area contributed by atoms with E-state index in [2.05, 4.69) is 17.2 Å². The maximum absolute atomic E-state index is 14.5. The van der Waals surface area contributed by atoms with E-state index in [1.807, 2.05) is 32.1 Å². The van der Waals surface area contributed by atoms with Crippen molar-refractivity contribution in [2.24, 2.45) is 11.8 Å². The summed E-state index contributed by atoms with van der Waals surface area (Å²) < 4.78 is 28.7. The Balaban J connectivity index is 1.36. The third kappa shape index (κ3) is 9.59. The fraction of sp³-hybridized carbons (Fsp3) is 0.675. The molecule has 3 aliphatic heterocycles. The molecule has 0 aromatic heterocycles. The van der Waals surface area contributed by atoms with E-state index >= 15 is 0 Å². The van der Waals surface area contributed by atoms with E-state index in [4.69, 9.17) is 23.7 Å². The molecule has 1 saturated heterocycles. The zero-order valence-electron chi connectivity index (χ0n) is 32.7. The zero-order valence-corrected chi connectivity index (χ0v) is 32.7. The largest absolute Gasteiger partial charge is 0.490 e. The van der Waals surface area contributed by atoms with Gasteiger partial charge in [0.05, 0.1) is 32.9 Å². The molecule has 14 heteroatoms. The highest BCUT2D eigenvalue weighted by atomic mass is 16.6. The monoisotopic (exact) mass is 754 g/mol. The van der Waals surface area contributed by atoms with Crippen molar-refractivity contribution in [1.29, 1.82) is 0 Å². The second kappa shape index (κ2) is 17.3. The standard InChI is InChI=1S/C40H58N4O10/c1-8-10-11-12-13-15-30(41-37(48)54-39(5,6)7)35(46)44-23-27(20-31(44)34(45)42-40(36(47)50-9-2)21-29(40)25(3)4)53-38(49)43-22-26-16-17-32-33(28(26)24-43)52-19-14-18-51-32/h8,16-17,25,27,29-31H,1,9-15,18-24H2,2-7H3,(H,41,48)(H,42,45)/t27-,29+,30+,31+,40-/m1/s1. The van der Waals surface area contributed by atoms with Gasteiger partial charge in [0.15, 0.2) is 11.5 Å². The minimum absolute atomic E-state index is 0.000192. The van der Waals surface area contributed by atoms with Crippen LogP contribution in [0.5, 0.6) is 11.5 Å². The van der Waals surface area contributed by atoms with Crippen LogP contribution in [0.1, 0.15) is 104 Å². The van der Waals surface area contributed by atoms with Crippen molar-refractivity contribution in [1.82, 2.24) is 20.4 Å². The Morgan fingerprint density at radius 3 is 2.52 bits per heavy atom. The second-order valence-electron chi connectivity index (χ2n) is 16.0. The van der Waals surface area contributed by atoms with Gasteiger partial charge in [0.2, 0.25) is 11.8 Å². The van der Waals surface area contributed by atoms with Gasteiger partial charge in [0.25, 0.3) is 0 Å². The lowest BCUT2D eigenvalue weighted by Gasteiger charge is -2.30. The number of alkyl carbamates (subject to hydrolysis) is 1. The van der Waals surface area contributed by atoms with Gasteiger partial charge < -0.3 is 39.2 Å². The Hall–Kier alpha value is -4.49. The first kappa shape index (κ1) is 40.7. The molecule has 1 aromatic carbocycles. The van der Waals surface area contributed by atoms with Gasteiger partial charge in [-0.05, 0) is 76.8 Å². The fourth-order valence-electron chi connectivity index (χ4n) is 7.64. The fourth-order valence-corrected chi connectivity index (χ4v) is 7.64. The first-order valence-electron chi connectivity index (χ1n) is 19.4. The molecule has 5 atom stereocenters. The number of benzene rings is 1.